The van der Waals surface area contributed by atoms with Crippen molar-refractivity contribution in [3.63, 3.8) is 0 Å². The highest BCUT2D eigenvalue weighted by atomic mass is 19.4. The molecule has 6 rings (SSSR count). The van der Waals surface area contributed by atoms with E-state index in [0.29, 0.717) is 24.3 Å². The van der Waals surface area contributed by atoms with Crippen molar-refractivity contribution in [2.45, 2.75) is 135 Å². The van der Waals surface area contributed by atoms with Gasteiger partial charge in [0.2, 0.25) is 23.6 Å². The van der Waals surface area contributed by atoms with Crippen LogP contribution in [0.2, 0.25) is 0 Å². The largest absolute Gasteiger partial charge is 0.494 e. The van der Waals surface area contributed by atoms with E-state index < -0.39 is 60.6 Å². The molecule has 1 aliphatic carbocycles. The molecule has 2 heterocycles. The Morgan fingerprint density at radius 3 is 2.00 bits per heavy atom. The second-order valence-corrected chi connectivity index (χ2v) is 18.8. The van der Waals surface area contributed by atoms with Crippen molar-refractivity contribution in [3.8, 4) is 11.5 Å². The summed E-state index contributed by atoms with van der Waals surface area (Å²) in [6.45, 7) is 7.76. The highest BCUT2D eigenvalue weighted by Gasteiger charge is 2.62. The molecule has 0 bridgehead atoms. The number of fused-ring (bicyclic) bond motifs is 3. The van der Waals surface area contributed by atoms with E-state index in [1.165, 1.54) is 45.7 Å². The highest BCUT2D eigenvalue weighted by molar-refractivity contribution is 6.19. The Bertz CT molecular complexity index is 2350. The molecule has 3 fully saturated rings. The third kappa shape index (κ3) is 13.0. The van der Waals surface area contributed by atoms with Gasteiger partial charge in [-0.25, -0.2) is 9.59 Å². The Morgan fingerprint density at radius 1 is 0.725 bits per heavy atom. The number of unbranched alkanes of at least 4 members (excludes halogenated alkanes) is 7. The molecule has 4 atom stereocenters. The first-order valence-corrected chi connectivity index (χ1v) is 24.0. The number of carbonyl (C=O) groups is 6. The Balaban J connectivity index is 0.818. The Kier molecular flexibility index (Phi) is 17.6. The maximum Gasteiger partial charge on any atom is 0.453 e. The van der Waals surface area contributed by atoms with Crippen LogP contribution in [0.5, 0.6) is 11.5 Å². The van der Waals surface area contributed by atoms with Crippen LogP contribution >= 0.6 is 0 Å². The molecule has 3 aromatic rings. The molecule has 2 saturated heterocycles. The van der Waals surface area contributed by atoms with Gasteiger partial charge in [-0.2, -0.15) is 22.0 Å². The van der Waals surface area contributed by atoms with Crippen molar-refractivity contribution in [1.82, 2.24) is 4.90 Å². The Labute approximate surface area is 399 Å². The van der Waals surface area contributed by atoms with Crippen LogP contribution in [0.15, 0.2) is 72.8 Å². The van der Waals surface area contributed by atoms with Crippen molar-refractivity contribution >= 4 is 47.3 Å². The van der Waals surface area contributed by atoms with Crippen molar-refractivity contribution in [2.24, 2.45) is 23.7 Å². The molecule has 16 heteroatoms. The number of alkyl halides is 5. The van der Waals surface area contributed by atoms with E-state index in [2.05, 4.69) is 13.8 Å². The number of piperidine rings is 1. The number of imide groups is 2. The number of ether oxygens (including phenoxy) is 3. The molecule has 3 aliphatic rings. The Morgan fingerprint density at radius 2 is 1.36 bits per heavy atom. The van der Waals surface area contributed by atoms with Crippen LogP contribution in [0.25, 0.3) is 6.08 Å². The second kappa shape index (κ2) is 23.1. The molecular weight excluding hydrogens is 904 g/mol. The summed E-state index contributed by atoms with van der Waals surface area (Å²) in [6, 6.07) is 17.5. The van der Waals surface area contributed by atoms with Gasteiger partial charge in [0.25, 0.3) is 0 Å². The third-order valence-electron chi connectivity index (χ3n) is 13.2. The van der Waals surface area contributed by atoms with Crippen LogP contribution in [0.1, 0.15) is 138 Å². The standard InChI is InChI=1S/C53H61F5N2O9/c1-33(2)41-30-38(60-45(61)32-42-43(48(60)63)31-44-47(42)50(65)59(34(3)4)49(44)64)21-18-36(41)14-11-9-7-5-6-8-10-12-28-68-46(62)26-17-35-15-22-40(23-16-35)69-51(66)37-19-24-39(25-20-37)67-29-13-27-52(54,55)53(56,57)58/h15-26,30,33-34,42-44,47H,5-14,27-29,31-32H2,1-4H3/b26-17+. The molecule has 0 spiro atoms. The van der Waals surface area contributed by atoms with Gasteiger partial charge in [-0.05, 0) is 129 Å². The molecule has 0 N–H and O–H groups in total. The number of likely N-dealkylation sites (tertiary alicyclic amines) is 1. The predicted octanol–water partition coefficient (Wildman–Crippen LogP) is 11.2. The highest BCUT2D eigenvalue weighted by Crippen LogP contribution is 2.52. The second-order valence-electron chi connectivity index (χ2n) is 18.8. The van der Waals surface area contributed by atoms with Gasteiger partial charge < -0.3 is 14.2 Å². The first kappa shape index (κ1) is 52.4. The van der Waals surface area contributed by atoms with Gasteiger partial charge in [0.1, 0.15) is 11.5 Å². The molecule has 1 saturated carbocycles. The minimum Gasteiger partial charge on any atom is -0.494 e. The van der Waals surface area contributed by atoms with Gasteiger partial charge in [-0.15, -0.1) is 0 Å². The van der Waals surface area contributed by atoms with Crippen molar-refractivity contribution in [3.05, 3.63) is 95.1 Å². The molecule has 372 valence electrons. The summed E-state index contributed by atoms with van der Waals surface area (Å²) >= 11 is 0. The summed E-state index contributed by atoms with van der Waals surface area (Å²) in [5.74, 6) is -8.52. The molecular formula is C53H61F5N2O9. The van der Waals surface area contributed by atoms with Crippen LogP contribution < -0.4 is 14.4 Å². The van der Waals surface area contributed by atoms with Crippen LogP contribution in [0.4, 0.5) is 27.6 Å². The number of esters is 2. The van der Waals surface area contributed by atoms with E-state index in [1.807, 2.05) is 18.2 Å². The number of anilines is 1. The zero-order chi connectivity index (χ0) is 50.0. The molecule has 0 radical (unpaired) electrons. The number of benzene rings is 3. The maximum absolute atomic E-state index is 13.8. The minimum atomic E-state index is -5.61. The lowest BCUT2D eigenvalue weighted by atomic mass is 9.81. The molecule has 4 unspecified atom stereocenters. The van der Waals surface area contributed by atoms with Gasteiger partial charge >= 0.3 is 24.0 Å². The minimum absolute atomic E-state index is 0.0757. The number of hydrogen-bond donors (Lipinski definition) is 0. The fourth-order valence-corrected chi connectivity index (χ4v) is 9.59. The lowest BCUT2D eigenvalue weighted by Crippen LogP contribution is -2.50. The van der Waals surface area contributed by atoms with Crippen molar-refractivity contribution in [2.75, 3.05) is 18.1 Å². The Hall–Kier alpha value is -5.93. The molecule has 69 heavy (non-hydrogen) atoms. The van der Waals surface area contributed by atoms with Crippen LogP contribution in [0, 0.1) is 23.7 Å². The van der Waals surface area contributed by atoms with Gasteiger partial charge in [0, 0.05) is 30.9 Å². The van der Waals surface area contributed by atoms with Crippen LogP contribution in [0.3, 0.4) is 0 Å². The smallest absolute Gasteiger partial charge is 0.453 e. The van der Waals surface area contributed by atoms with E-state index in [1.54, 1.807) is 44.2 Å². The fraction of sp³-hybridized carbons (Fsp3) is 0.509. The quantitative estimate of drug-likeness (QED) is 0.0227. The number of carbonyl (C=O) groups excluding carboxylic acids is 6. The van der Waals surface area contributed by atoms with E-state index in [9.17, 15) is 50.7 Å². The van der Waals surface area contributed by atoms with Crippen molar-refractivity contribution < 1.29 is 64.9 Å². The zero-order valence-electron chi connectivity index (χ0n) is 39.5. The van der Waals surface area contributed by atoms with Gasteiger partial charge in [0.15, 0.2) is 0 Å². The molecule has 11 nitrogen and oxygen atoms in total. The summed E-state index contributed by atoms with van der Waals surface area (Å²) in [7, 11) is 0. The lowest BCUT2D eigenvalue weighted by Gasteiger charge is -2.35. The van der Waals surface area contributed by atoms with Gasteiger partial charge in [-0.3, -0.25) is 29.0 Å². The first-order chi connectivity index (χ1) is 32.8. The zero-order valence-corrected chi connectivity index (χ0v) is 39.5. The normalized spacial score (nSPS) is 19.5. The number of amides is 4. The van der Waals surface area contributed by atoms with Gasteiger partial charge in [-0.1, -0.05) is 70.6 Å². The summed E-state index contributed by atoms with van der Waals surface area (Å²) < 4.78 is 78.9. The number of aryl methyl sites for hydroxylation is 1. The summed E-state index contributed by atoms with van der Waals surface area (Å²) in [5.41, 5.74) is 3.69. The number of hydrogen-bond acceptors (Lipinski definition) is 9. The van der Waals surface area contributed by atoms with E-state index in [4.69, 9.17) is 14.2 Å². The van der Waals surface area contributed by atoms with Crippen LogP contribution in [-0.4, -0.2) is 71.8 Å². The average Bonchev–Trinajstić information content (AvgIpc) is 3.80. The van der Waals surface area contributed by atoms with E-state index in [-0.39, 0.29) is 65.7 Å². The van der Waals surface area contributed by atoms with E-state index >= 15 is 0 Å². The number of rotatable bonds is 23. The summed E-state index contributed by atoms with van der Waals surface area (Å²) in [5, 5.41) is 0. The average molecular weight is 965 g/mol. The number of halogens is 5. The predicted molar refractivity (Wildman–Crippen MR) is 247 cm³/mol. The lowest BCUT2D eigenvalue weighted by molar-refractivity contribution is -0.284. The molecule has 4 amide bonds. The van der Waals surface area contributed by atoms with Crippen LogP contribution in [-0.2, 0) is 35.1 Å². The SMILES string of the molecule is CC(C)c1cc(N2C(=O)CC3C(CC4C(=O)N(C(C)C)C(=O)C43)C2=O)ccc1CCCCCCCCCCOC(=O)/C=C/c1ccc(OC(=O)c2ccc(OCCCC(F)(F)C(F)(F)F)cc2)cc1. The summed E-state index contributed by atoms with van der Waals surface area (Å²) in [4.78, 5) is 81.1. The van der Waals surface area contributed by atoms with Gasteiger partial charge in [0.05, 0.1) is 36.3 Å². The van der Waals surface area contributed by atoms with Crippen molar-refractivity contribution in [1.29, 1.82) is 0 Å². The molecule has 3 aromatic carbocycles. The summed E-state index contributed by atoms with van der Waals surface area (Å²) in [6.07, 6.45) is 4.74. The maximum atomic E-state index is 13.8. The fourth-order valence-electron chi connectivity index (χ4n) is 9.59. The topological polar surface area (TPSA) is 137 Å². The number of nitrogens with zero attached hydrogens (tertiary/aromatic N) is 2. The molecule has 0 aromatic heterocycles. The first-order valence-electron chi connectivity index (χ1n) is 24.0. The monoisotopic (exact) mass is 964 g/mol. The van der Waals surface area contributed by atoms with E-state index in [0.717, 1.165) is 63.4 Å². The molecule has 2 aliphatic heterocycles. The third-order valence-corrected chi connectivity index (χ3v) is 13.2.